The van der Waals surface area contributed by atoms with Gasteiger partial charge < -0.3 is 15.0 Å². The molecule has 0 bridgehead atoms. The van der Waals surface area contributed by atoms with Gasteiger partial charge in [0.1, 0.15) is 5.75 Å². The molecule has 0 atom stereocenters. The molecule has 0 fully saturated rings. The Morgan fingerprint density at radius 2 is 2.04 bits per heavy atom. The molecule has 0 amide bonds. The quantitative estimate of drug-likeness (QED) is 0.409. The van der Waals surface area contributed by atoms with Crippen molar-refractivity contribution in [1.82, 2.24) is 15.0 Å². The third kappa shape index (κ3) is 3.29. The van der Waals surface area contributed by atoms with Gasteiger partial charge >= 0.3 is 0 Å². The number of fused-ring (bicyclic) bond motifs is 1. The van der Waals surface area contributed by atoms with Crippen LogP contribution in [-0.2, 0) is 0 Å². The normalized spacial score (nSPS) is 10.6. The smallest absolute Gasteiger partial charge is 0.271 e. The number of aromatic amines is 1. The topological polar surface area (TPSA) is 106 Å². The first-order valence-corrected chi connectivity index (χ1v) is 7.77. The van der Waals surface area contributed by atoms with Gasteiger partial charge in [0.05, 0.1) is 4.92 Å². The molecule has 0 saturated carbocycles. The number of ether oxygens (including phenoxy) is 1. The van der Waals surface area contributed by atoms with E-state index in [1.807, 2.05) is 30.5 Å². The Kier molecular flexibility index (Phi) is 3.91. The van der Waals surface area contributed by atoms with E-state index < -0.39 is 4.92 Å². The molecule has 0 radical (unpaired) electrons. The number of rotatable bonds is 5. The molecule has 2 heterocycles. The second-order valence-corrected chi connectivity index (χ2v) is 5.48. The van der Waals surface area contributed by atoms with Crippen LogP contribution in [0.1, 0.15) is 0 Å². The second kappa shape index (κ2) is 6.52. The zero-order chi connectivity index (χ0) is 17.9. The lowest BCUT2D eigenvalue weighted by molar-refractivity contribution is -0.384. The molecule has 2 N–H and O–H groups in total. The number of nitro groups is 1. The van der Waals surface area contributed by atoms with E-state index in [2.05, 4.69) is 20.3 Å². The van der Waals surface area contributed by atoms with Crippen molar-refractivity contribution in [2.24, 2.45) is 0 Å². The van der Waals surface area contributed by atoms with E-state index in [1.54, 1.807) is 24.4 Å². The Morgan fingerprint density at radius 3 is 2.92 bits per heavy atom. The number of anilines is 2. The summed E-state index contributed by atoms with van der Waals surface area (Å²) >= 11 is 0. The standard InChI is InChI=1S/C18H13N5O3/c24-23(25)14-3-1-2-13(11-14)21-18-20-9-7-17(22-18)26-15-4-5-16-12(10-15)6-8-19-16/h1-11,19H,(H,20,21,22). The highest BCUT2D eigenvalue weighted by molar-refractivity contribution is 5.80. The number of nitrogens with zero attached hydrogens (tertiary/aromatic N) is 3. The fourth-order valence-corrected chi connectivity index (χ4v) is 2.50. The van der Waals surface area contributed by atoms with Crippen molar-refractivity contribution in [2.45, 2.75) is 0 Å². The van der Waals surface area contributed by atoms with Gasteiger partial charge in [-0.3, -0.25) is 10.1 Å². The largest absolute Gasteiger partial charge is 0.439 e. The molecule has 8 heteroatoms. The summed E-state index contributed by atoms with van der Waals surface area (Å²) in [5.74, 6) is 1.30. The Labute approximate surface area is 147 Å². The molecule has 4 aromatic rings. The van der Waals surface area contributed by atoms with E-state index in [0.29, 0.717) is 17.3 Å². The maximum atomic E-state index is 10.9. The van der Waals surface area contributed by atoms with Crippen LogP contribution in [0.2, 0.25) is 0 Å². The first-order valence-electron chi connectivity index (χ1n) is 7.77. The molecule has 26 heavy (non-hydrogen) atoms. The van der Waals surface area contributed by atoms with Gasteiger partial charge in [-0.15, -0.1) is 0 Å². The maximum absolute atomic E-state index is 10.9. The van der Waals surface area contributed by atoms with Gasteiger partial charge in [0.2, 0.25) is 11.8 Å². The number of nitro benzene ring substituents is 1. The van der Waals surface area contributed by atoms with Crippen molar-refractivity contribution in [2.75, 3.05) is 5.32 Å². The van der Waals surface area contributed by atoms with E-state index in [4.69, 9.17) is 4.74 Å². The molecule has 2 aromatic carbocycles. The summed E-state index contributed by atoms with van der Waals surface area (Å²) in [6.45, 7) is 0. The molecule has 0 saturated heterocycles. The van der Waals surface area contributed by atoms with Gasteiger partial charge in [0.15, 0.2) is 0 Å². The lowest BCUT2D eigenvalue weighted by Crippen LogP contribution is -1.99. The molecule has 0 spiro atoms. The van der Waals surface area contributed by atoms with Crippen LogP contribution >= 0.6 is 0 Å². The number of H-pyrrole nitrogens is 1. The molecule has 0 unspecified atom stereocenters. The average molecular weight is 347 g/mol. The van der Waals surface area contributed by atoms with E-state index >= 15 is 0 Å². The Bertz CT molecular complexity index is 1090. The number of nitrogens with one attached hydrogen (secondary N) is 2. The van der Waals surface area contributed by atoms with Crippen LogP contribution in [0.15, 0.2) is 67.0 Å². The van der Waals surface area contributed by atoms with E-state index in [0.717, 1.165) is 10.9 Å². The van der Waals surface area contributed by atoms with Crippen LogP contribution in [0.4, 0.5) is 17.3 Å². The first-order chi connectivity index (χ1) is 12.7. The van der Waals surface area contributed by atoms with Crippen LogP contribution < -0.4 is 10.1 Å². The molecular weight excluding hydrogens is 334 g/mol. The van der Waals surface area contributed by atoms with Gasteiger partial charge in [-0.2, -0.15) is 4.98 Å². The monoisotopic (exact) mass is 347 g/mol. The minimum absolute atomic E-state index is 0.0118. The van der Waals surface area contributed by atoms with Gasteiger partial charge in [0, 0.05) is 47.2 Å². The highest BCUT2D eigenvalue weighted by Gasteiger charge is 2.08. The third-order valence-electron chi connectivity index (χ3n) is 3.69. The molecule has 128 valence electrons. The molecule has 0 aliphatic heterocycles. The minimum Gasteiger partial charge on any atom is -0.439 e. The zero-order valence-corrected chi connectivity index (χ0v) is 13.4. The summed E-state index contributed by atoms with van der Waals surface area (Å²) in [6, 6.07) is 15.4. The lowest BCUT2D eigenvalue weighted by atomic mass is 10.2. The van der Waals surface area contributed by atoms with Gasteiger partial charge in [0.25, 0.3) is 5.69 Å². The van der Waals surface area contributed by atoms with Gasteiger partial charge in [-0.05, 0) is 30.3 Å². The predicted molar refractivity (Wildman–Crippen MR) is 96.8 cm³/mol. The van der Waals surface area contributed by atoms with Crippen LogP contribution in [0.25, 0.3) is 10.9 Å². The Morgan fingerprint density at radius 1 is 1.12 bits per heavy atom. The second-order valence-electron chi connectivity index (χ2n) is 5.48. The number of hydrogen-bond donors (Lipinski definition) is 2. The van der Waals surface area contributed by atoms with Crippen molar-refractivity contribution >= 4 is 28.2 Å². The van der Waals surface area contributed by atoms with Crippen molar-refractivity contribution in [3.8, 4) is 11.6 Å². The molecule has 2 aromatic heterocycles. The fraction of sp³-hybridized carbons (Fsp3) is 0. The van der Waals surface area contributed by atoms with Crippen molar-refractivity contribution < 1.29 is 9.66 Å². The van der Waals surface area contributed by atoms with Crippen LogP contribution in [0, 0.1) is 10.1 Å². The third-order valence-corrected chi connectivity index (χ3v) is 3.69. The first kappa shape index (κ1) is 15.6. The predicted octanol–water partition coefficient (Wildman–Crippen LogP) is 4.40. The van der Waals surface area contributed by atoms with Crippen LogP contribution in [-0.4, -0.2) is 19.9 Å². The van der Waals surface area contributed by atoms with E-state index in [-0.39, 0.29) is 11.6 Å². The SMILES string of the molecule is O=[N+]([O-])c1cccc(Nc2nccc(Oc3ccc4[nH]ccc4c3)n2)c1. The summed E-state index contributed by atoms with van der Waals surface area (Å²) < 4.78 is 5.78. The van der Waals surface area contributed by atoms with Crippen LogP contribution in [0.5, 0.6) is 11.6 Å². The molecular formula is C18H13N5O3. The van der Waals surface area contributed by atoms with E-state index in [1.165, 1.54) is 12.1 Å². The highest BCUT2D eigenvalue weighted by atomic mass is 16.6. The maximum Gasteiger partial charge on any atom is 0.271 e. The van der Waals surface area contributed by atoms with Crippen molar-refractivity contribution in [1.29, 1.82) is 0 Å². The summed E-state index contributed by atoms with van der Waals surface area (Å²) in [7, 11) is 0. The molecule has 4 rings (SSSR count). The number of hydrogen-bond acceptors (Lipinski definition) is 6. The number of non-ortho nitro benzene ring substituents is 1. The zero-order valence-electron chi connectivity index (χ0n) is 13.4. The van der Waals surface area contributed by atoms with Crippen molar-refractivity contribution in [3.63, 3.8) is 0 Å². The Balaban J connectivity index is 1.54. The van der Waals surface area contributed by atoms with Crippen molar-refractivity contribution in [3.05, 3.63) is 77.1 Å². The lowest BCUT2D eigenvalue weighted by Gasteiger charge is -2.08. The minimum atomic E-state index is -0.456. The summed E-state index contributed by atoms with van der Waals surface area (Å²) in [6.07, 6.45) is 3.41. The van der Waals surface area contributed by atoms with Gasteiger partial charge in [-0.25, -0.2) is 4.98 Å². The van der Waals surface area contributed by atoms with Crippen LogP contribution in [0.3, 0.4) is 0 Å². The summed E-state index contributed by atoms with van der Waals surface area (Å²) in [5.41, 5.74) is 1.53. The number of benzene rings is 2. The Hall–Kier alpha value is -3.94. The molecule has 0 aliphatic carbocycles. The summed E-state index contributed by atoms with van der Waals surface area (Å²) in [5, 5.41) is 14.8. The average Bonchev–Trinajstić information content (AvgIpc) is 3.10. The van der Waals surface area contributed by atoms with E-state index in [9.17, 15) is 10.1 Å². The van der Waals surface area contributed by atoms with Gasteiger partial charge in [-0.1, -0.05) is 6.07 Å². The highest BCUT2D eigenvalue weighted by Crippen LogP contribution is 2.25. The number of aromatic nitrogens is 3. The fourth-order valence-electron chi connectivity index (χ4n) is 2.50. The summed E-state index contributed by atoms with van der Waals surface area (Å²) in [4.78, 5) is 21.9. The molecule has 8 nitrogen and oxygen atoms in total. The molecule has 0 aliphatic rings.